The molecule has 1 saturated heterocycles. The smallest absolute Gasteiger partial charge is 0.141 e. The van der Waals surface area contributed by atoms with E-state index in [1.807, 2.05) is 20.8 Å². The summed E-state index contributed by atoms with van der Waals surface area (Å²) >= 11 is 0. The Hall–Kier alpha value is -0.370. The van der Waals surface area contributed by atoms with E-state index in [9.17, 15) is 4.79 Å². The largest absolute Gasteiger partial charge is 0.375 e. The lowest BCUT2D eigenvalue weighted by Gasteiger charge is -2.47. The first kappa shape index (κ1) is 11.1. The van der Waals surface area contributed by atoms with Gasteiger partial charge in [0.2, 0.25) is 0 Å². The van der Waals surface area contributed by atoms with Crippen molar-refractivity contribution in [2.45, 2.75) is 58.5 Å². The van der Waals surface area contributed by atoms with Gasteiger partial charge in [0, 0.05) is 17.9 Å². The number of ketones is 1. The summed E-state index contributed by atoms with van der Waals surface area (Å²) in [5.74, 6) is 0.677. The van der Waals surface area contributed by atoms with Crippen LogP contribution < -0.4 is 0 Å². The first-order valence-corrected chi connectivity index (χ1v) is 6.11. The van der Waals surface area contributed by atoms with Crippen LogP contribution in [0.5, 0.6) is 0 Å². The summed E-state index contributed by atoms with van der Waals surface area (Å²) in [7, 11) is 0. The minimum absolute atomic E-state index is 0.101. The van der Waals surface area contributed by atoms with Gasteiger partial charge in [-0.05, 0) is 32.1 Å². The molecule has 1 aliphatic heterocycles. The van der Waals surface area contributed by atoms with Gasteiger partial charge in [-0.2, -0.15) is 0 Å². The molecule has 1 spiro atoms. The third-order valence-corrected chi connectivity index (χ3v) is 3.87. The zero-order valence-electron chi connectivity index (χ0n) is 10.1. The fraction of sp³-hybridized carbons (Fsp3) is 0.923. The topological polar surface area (TPSA) is 26.3 Å². The van der Waals surface area contributed by atoms with Crippen LogP contribution in [0, 0.1) is 11.3 Å². The number of hydrogen-bond acceptors (Lipinski definition) is 2. The maximum absolute atomic E-state index is 12.2. The van der Waals surface area contributed by atoms with Crippen LogP contribution in [0.3, 0.4) is 0 Å². The lowest BCUT2D eigenvalue weighted by Crippen LogP contribution is -2.48. The second-order valence-electron chi connectivity index (χ2n) is 6.19. The van der Waals surface area contributed by atoms with Gasteiger partial charge in [0.05, 0.1) is 5.60 Å². The van der Waals surface area contributed by atoms with Crippen molar-refractivity contribution < 1.29 is 9.53 Å². The summed E-state index contributed by atoms with van der Waals surface area (Å²) in [4.78, 5) is 12.2. The van der Waals surface area contributed by atoms with Crippen LogP contribution in [0.1, 0.15) is 52.9 Å². The minimum Gasteiger partial charge on any atom is -0.375 e. The Labute approximate surface area is 92.4 Å². The highest BCUT2D eigenvalue weighted by Gasteiger charge is 2.45. The van der Waals surface area contributed by atoms with Gasteiger partial charge in [0.1, 0.15) is 5.78 Å². The molecule has 2 nitrogen and oxygen atoms in total. The van der Waals surface area contributed by atoms with Crippen molar-refractivity contribution >= 4 is 5.78 Å². The highest BCUT2D eigenvalue weighted by Crippen LogP contribution is 2.45. The van der Waals surface area contributed by atoms with E-state index in [-0.39, 0.29) is 16.9 Å². The summed E-state index contributed by atoms with van der Waals surface area (Å²) in [6, 6.07) is 0. The monoisotopic (exact) mass is 210 g/mol. The SMILES string of the molecule is CC(C)(C)C(=O)C1CCOC2(CCC2)C1. The van der Waals surface area contributed by atoms with Crippen molar-refractivity contribution in [2.75, 3.05) is 6.61 Å². The fourth-order valence-electron chi connectivity index (χ4n) is 2.78. The molecule has 1 heterocycles. The zero-order valence-corrected chi connectivity index (χ0v) is 10.1. The molecule has 0 aromatic rings. The van der Waals surface area contributed by atoms with E-state index in [0.29, 0.717) is 5.78 Å². The molecular weight excluding hydrogens is 188 g/mol. The number of rotatable bonds is 1. The molecule has 0 radical (unpaired) electrons. The Kier molecular flexibility index (Phi) is 2.66. The van der Waals surface area contributed by atoms with E-state index in [0.717, 1.165) is 19.4 Å². The summed E-state index contributed by atoms with van der Waals surface area (Å²) in [5.41, 5.74) is -0.0865. The molecule has 1 unspecified atom stereocenters. The molecule has 86 valence electrons. The van der Waals surface area contributed by atoms with Crippen molar-refractivity contribution in [3.8, 4) is 0 Å². The van der Waals surface area contributed by atoms with E-state index in [1.54, 1.807) is 0 Å². The first-order valence-electron chi connectivity index (χ1n) is 6.11. The third-order valence-electron chi connectivity index (χ3n) is 3.87. The van der Waals surface area contributed by atoms with Gasteiger partial charge < -0.3 is 4.74 Å². The summed E-state index contributed by atoms with van der Waals surface area (Å²) < 4.78 is 5.84. The Bertz CT molecular complexity index is 258. The maximum Gasteiger partial charge on any atom is 0.141 e. The number of Topliss-reactive ketones (excluding diaryl/α,β-unsaturated/α-hetero) is 1. The van der Waals surface area contributed by atoms with Crippen LogP contribution in [0.15, 0.2) is 0 Å². The lowest BCUT2D eigenvalue weighted by atomic mass is 9.68. The van der Waals surface area contributed by atoms with E-state index < -0.39 is 0 Å². The van der Waals surface area contributed by atoms with E-state index in [1.165, 1.54) is 19.3 Å². The maximum atomic E-state index is 12.2. The molecule has 1 saturated carbocycles. The molecule has 2 aliphatic rings. The molecule has 0 N–H and O–H groups in total. The van der Waals surface area contributed by atoms with Crippen molar-refractivity contribution in [1.29, 1.82) is 0 Å². The Morgan fingerprint density at radius 1 is 1.33 bits per heavy atom. The molecule has 2 fully saturated rings. The molecule has 0 aromatic carbocycles. The second-order valence-corrected chi connectivity index (χ2v) is 6.19. The predicted octanol–water partition coefficient (Wildman–Crippen LogP) is 2.95. The van der Waals surface area contributed by atoms with E-state index in [2.05, 4.69) is 0 Å². The van der Waals surface area contributed by atoms with Crippen molar-refractivity contribution in [3.05, 3.63) is 0 Å². The van der Waals surface area contributed by atoms with Crippen LogP contribution in [0.4, 0.5) is 0 Å². The molecule has 0 bridgehead atoms. The van der Waals surface area contributed by atoms with Gasteiger partial charge in [-0.25, -0.2) is 0 Å². The molecule has 2 rings (SSSR count). The Morgan fingerprint density at radius 2 is 2.00 bits per heavy atom. The van der Waals surface area contributed by atoms with Crippen LogP contribution >= 0.6 is 0 Å². The van der Waals surface area contributed by atoms with Crippen LogP contribution in [0.2, 0.25) is 0 Å². The van der Waals surface area contributed by atoms with E-state index in [4.69, 9.17) is 4.74 Å². The second kappa shape index (κ2) is 3.58. The highest BCUT2D eigenvalue weighted by molar-refractivity contribution is 5.86. The number of ether oxygens (including phenoxy) is 1. The highest BCUT2D eigenvalue weighted by atomic mass is 16.5. The van der Waals surface area contributed by atoms with Crippen molar-refractivity contribution in [3.63, 3.8) is 0 Å². The molecule has 0 amide bonds. The van der Waals surface area contributed by atoms with Gasteiger partial charge in [0.15, 0.2) is 0 Å². The normalized spacial score (nSPS) is 29.9. The minimum atomic E-state index is -0.188. The van der Waals surface area contributed by atoms with Crippen LogP contribution in [0.25, 0.3) is 0 Å². The van der Waals surface area contributed by atoms with Crippen LogP contribution in [-0.4, -0.2) is 18.0 Å². The van der Waals surface area contributed by atoms with Gasteiger partial charge in [-0.15, -0.1) is 0 Å². The van der Waals surface area contributed by atoms with Gasteiger partial charge in [0.25, 0.3) is 0 Å². The molecule has 2 heteroatoms. The van der Waals surface area contributed by atoms with Gasteiger partial charge in [-0.3, -0.25) is 4.79 Å². The zero-order chi connectivity index (χ0) is 11.1. The summed E-state index contributed by atoms with van der Waals surface area (Å²) in [5, 5.41) is 0. The average molecular weight is 210 g/mol. The molecule has 1 atom stereocenters. The molecule has 0 aromatic heterocycles. The molecule has 15 heavy (non-hydrogen) atoms. The summed E-state index contributed by atoms with van der Waals surface area (Å²) in [6.45, 7) is 6.86. The van der Waals surface area contributed by atoms with Crippen molar-refractivity contribution in [1.82, 2.24) is 0 Å². The molecule has 1 aliphatic carbocycles. The van der Waals surface area contributed by atoms with E-state index >= 15 is 0 Å². The number of carbonyl (C=O) groups is 1. The number of hydrogen-bond donors (Lipinski definition) is 0. The fourth-order valence-corrected chi connectivity index (χ4v) is 2.78. The summed E-state index contributed by atoms with van der Waals surface area (Å²) in [6.07, 6.45) is 5.51. The van der Waals surface area contributed by atoms with Gasteiger partial charge in [-0.1, -0.05) is 20.8 Å². The molecular formula is C13H22O2. The Balaban J connectivity index is 2.01. The number of carbonyl (C=O) groups excluding carboxylic acids is 1. The average Bonchev–Trinajstić information content (AvgIpc) is 2.13. The van der Waals surface area contributed by atoms with Gasteiger partial charge >= 0.3 is 0 Å². The third kappa shape index (κ3) is 2.10. The standard InChI is InChI=1S/C13H22O2/c1-12(2,3)11(14)10-5-8-15-13(9-10)6-4-7-13/h10H,4-9H2,1-3H3. The predicted molar refractivity (Wildman–Crippen MR) is 59.7 cm³/mol. The Morgan fingerprint density at radius 3 is 2.47 bits per heavy atom. The van der Waals surface area contributed by atoms with Crippen LogP contribution in [-0.2, 0) is 9.53 Å². The quantitative estimate of drug-likeness (QED) is 0.665. The first-order chi connectivity index (χ1) is 6.93. The van der Waals surface area contributed by atoms with Crippen molar-refractivity contribution in [2.24, 2.45) is 11.3 Å². The lowest BCUT2D eigenvalue weighted by molar-refractivity contribution is -0.159.